The van der Waals surface area contributed by atoms with Gasteiger partial charge in [0.15, 0.2) is 12.2 Å². The highest BCUT2D eigenvalue weighted by atomic mass is 31.2. The Morgan fingerprint density at radius 3 is 0.776 bits per heavy atom. The van der Waals surface area contributed by atoms with Crippen LogP contribution in [-0.2, 0) is 65.4 Å². The summed E-state index contributed by atoms with van der Waals surface area (Å²) in [4.78, 5) is 72.9. The molecule has 0 fully saturated rings. The van der Waals surface area contributed by atoms with Gasteiger partial charge in [0.05, 0.1) is 26.4 Å². The molecule has 17 nitrogen and oxygen atoms in total. The molecule has 0 amide bonds. The van der Waals surface area contributed by atoms with Crippen LogP contribution in [0.15, 0.2) is 0 Å². The summed E-state index contributed by atoms with van der Waals surface area (Å²) in [7, 11) is -9.92. The second-order valence-corrected chi connectivity index (χ2v) is 32.1. The van der Waals surface area contributed by atoms with E-state index in [0.29, 0.717) is 31.6 Å². The van der Waals surface area contributed by atoms with Crippen molar-refractivity contribution in [2.45, 2.75) is 432 Å². The first-order valence-corrected chi connectivity index (χ1v) is 44.0. The van der Waals surface area contributed by atoms with Gasteiger partial charge in [-0.15, -0.1) is 0 Å². The van der Waals surface area contributed by atoms with Crippen molar-refractivity contribution in [3.63, 3.8) is 0 Å². The Morgan fingerprint density at radius 2 is 0.520 bits per heavy atom. The highest BCUT2D eigenvalue weighted by Crippen LogP contribution is 2.45. The molecule has 0 bridgehead atoms. The third-order valence-electron chi connectivity index (χ3n) is 18.8. The third kappa shape index (κ3) is 71.1. The molecule has 98 heavy (non-hydrogen) atoms. The molecule has 0 aromatic rings. The molecule has 0 aromatic carbocycles. The number of carbonyl (C=O) groups is 4. The van der Waals surface area contributed by atoms with E-state index >= 15 is 0 Å². The number of esters is 4. The van der Waals surface area contributed by atoms with E-state index in [-0.39, 0.29) is 25.7 Å². The standard InChI is InChI=1S/C79H154O17P2/c1-7-10-12-14-16-18-20-22-24-26-27-28-29-31-33-35-37-44-51-57-63-78(83)95-74(67-89-76(81)61-55-49-43-36-34-32-30-25-23-21-19-17-15-13-11-8-2)69-93-97(85,86)91-65-73(80)66-92-98(87,88)94-70-75(68-90-77(82)62-56-50-46-40-41-47-53-59-71(4)5)96-79(84)64-58-52-45-39-38-42-48-54-60-72(6)9-3/h71-75,80H,7-70H2,1-6H3,(H,85,86)(H,87,88)/t72?,73-,74-,75-/m1/s1. The number of carbonyl (C=O) groups excluding carboxylic acids is 4. The zero-order valence-electron chi connectivity index (χ0n) is 64.1. The molecule has 0 aliphatic heterocycles. The molecule has 0 spiro atoms. The third-order valence-corrected chi connectivity index (χ3v) is 20.7. The van der Waals surface area contributed by atoms with Crippen LogP contribution < -0.4 is 0 Å². The van der Waals surface area contributed by atoms with E-state index in [1.165, 1.54) is 225 Å². The maximum absolute atomic E-state index is 13.1. The fourth-order valence-electron chi connectivity index (χ4n) is 12.2. The van der Waals surface area contributed by atoms with Gasteiger partial charge in [0, 0.05) is 25.7 Å². The van der Waals surface area contributed by atoms with Gasteiger partial charge >= 0.3 is 39.5 Å². The van der Waals surface area contributed by atoms with E-state index in [2.05, 4.69) is 41.5 Å². The molecule has 0 aliphatic rings. The van der Waals surface area contributed by atoms with Gasteiger partial charge < -0.3 is 33.8 Å². The average molecular weight is 1440 g/mol. The smallest absolute Gasteiger partial charge is 0.462 e. The van der Waals surface area contributed by atoms with Crippen LogP contribution in [0.5, 0.6) is 0 Å². The van der Waals surface area contributed by atoms with Gasteiger partial charge in [-0.05, 0) is 37.5 Å². The average Bonchev–Trinajstić information content (AvgIpc) is 0.994. The number of rotatable bonds is 78. The van der Waals surface area contributed by atoms with Gasteiger partial charge in [0.25, 0.3) is 0 Å². The van der Waals surface area contributed by atoms with Crippen molar-refractivity contribution in [3.05, 3.63) is 0 Å². The molecule has 6 atom stereocenters. The lowest BCUT2D eigenvalue weighted by atomic mass is 9.99. The Hall–Kier alpha value is -1.94. The van der Waals surface area contributed by atoms with Gasteiger partial charge in [-0.2, -0.15) is 0 Å². The summed E-state index contributed by atoms with van der Waals surface area (Å²) < 4.78 is 68.6. The summed E-state index contributed by atoms with van der Waals surface area (Å²) in [5.74, 6) is -0.640. The number of aliphatic hydroxyl groups excluding tert-OH is 1. The molecule has 0 saturated carbocycles. The zero-order chi connectivity index (χ0) is 72.1. The van der Waals surface area contributed by atoms with Crippen molar-refractivity contribution in [1.82, 2.24) is 0 Å². The second kappa shape index (κ2) is 70.7. The number of hydrogen-bond acceptors (Lipinski definition) is 15. The number of aliphatic hydroxyl groups is 1. The van der Waals surface area contributed by atoms with E-state index in [1.54, 1.807) is 0 Å². The Morgan fingerprint density at radius 1 is 0.296 bits per heavy atom. The van der Waals surface area contributed by atoms with Crippen LogP contribution in [0, 0.1) is 11.8 Å². The highest BCUT2D eigenvalue weighted by Gasteiger charge is 2.30. The lowest BCUT2D eigenvalue weighted by Crippen LogP contribution is -2.30. The van der Waals surface area contributed by atoms with Crippen LogP contribution in [0.4, 0.5) is 0 Å². The molecule has 0 rings (SSSR count). The minimum Gasteiger partial charge on any atom is -0.462 e. The molecule has 0 aromatic heterocycles. The van der Waals surface area contributed by atoms with Gasteiger partial charge in [0.1, 0.15) is 19.3 Å². The first-order chi connectivity index (χ1) is 47.4. The first kappa shape index (κ1) is 96.1. The largest absolute Gasteiger partial charge is 0.472 e. The van der Waals surface area contributed by atoms with Crippen molar-refractivity contribution in [2.24, 2.45) is 11.8 Å². The predicted octanol–water partition coefficient (Wildman–Crippen LogP) is 23.5. The summed E-state index contributed by atoms with van der Waals surface area (Å²) in [6.07, 6.45) is 59.8. The van der Waals surface area contributed by atoms with E-state index < -0.39 is 97.5 Å². The monoisotopic (exact) mass is 1440 g/mol. The van der Waals surface area contributed by atoms with E-state index in [4.69, 9.17) is 37.0 Å². The maximum Gasteiger partial charge on any atom is 0.472 e. The van der Waals surface area contributed by atoms with Crippen molar-refractivity contribution in [1.29, 1.82) is 0 Å². The first-order valence-electron chi connectivity index (χ1n) is 41.0. The van der Waals surface area contributed by atoms with Crippen LogP contribution in [0.1, 0.15) is 414 Å². The van der Waals surface area contributed by atoms with Crippen molar-refractivity contribution in [2.75, 3.05) is 39.6 Å². The number of phosphoric ester groups is 2. The van der Waals surface area contributed by atoms with Gasteiger partial charge in [-0.3, -0.25) is 37.3 Å². The minimum absolute atomic E-state index is 0.104. The van der Waals surface area contributed by atoms with Crippen LogP contribution in [0.25, 0.3) is 0 Å². The Bertz CT molecular complexity index is 1890. The quantitative estimate of drug-likeness (QED) is 0.0222. The lowest BCUT2D eigenvalue weighted by molar-refractivity contribution is -0.161. The molecule has 0 saturated heterocycles. The number of phosphoric acid groups is 2. The van der Waals surface area contributed by atoms with Crippen molar-refractivity contribution in [3.8, 4) is 0 Å². The number of hydrogen-bond donors (Lipinski definition) is 3. The predicted molar refractivity (Wildman–Crippen MR) is 400 cm³/mol. The molecule has 0 aliphatic carbocycles. The van der Waals surface area contributed by atoms with Gasteiger partial charge in [-0.25, -0.2) is 9.13 Å². The minimum atomic E-state index is -4.96. The summed E-state index contributed by atoms with van der Waals surface area (Å²) in [5, 5.41) is 10.6. The summed E-state index contributed by atoms with van der Waals surface area (Å²) in [6, 6.07) is 0. The van der Waals surface area contributed by atoms with E-state index in [1.807, 2.05) is 0 Å². The number of ether oxygens (including phenoxy) is 4. The topological polar surface area (TPSA) is 237 Å². The normalized spacial score (nSPS) is 14.2. The summed E-state index contributed by atoms with van der Waals surface area (Å²) >= 11 is 0. The fraction of sp³-hybridized carbons (Fsp3) is 0.949. The molecule has 3 N–H and O–H groups in total. The molecule has 3 unspecified atom stereocenters. The SMILES string of the molecule is CCCCCCCCCCCCCCCCCCCCCCC(=O)O[C@H](COC(=O)CCCCCCCCCCCCCCCCCC)COP(=O)(O)OC[C@@H](O)COP(=O)(O)OC[C@@H](COC(=O)CCCCCCCCCC(C)C)OC(=O)CCCCCCCCCCC(C)CC. The molecule has 582 valence electrons. The van der Waals surface area contributed by atoms with Gasteiger partial charge in [-0.1, -0.05) is 363 Å². The number of unbranched alkanes of at least 4 members (excludes halogenated alkanes) is 47. The molecular weight excluding hydrogens is 1280 g/mol. The fourth-order valence-corrected chi connectivity index (χ4v) is 13.7. The lowest BCUT2D eigenvalue weighted by Gasteiger charge is -2.21. The van der Waals surface area contributed by atoms with Crippen LogP contribution in [0.2, 0.25) is 0 Å². The van der Waals surface area contributed by atoms with E-state index in [9.17, 15) is 43.2 Å². The molecule has 19 heteroatoms. The zero-order valence-corrected chi connectivity index (χ0v) is 65.9. The van der Waals surface area contributed by atoms with Crippen LogP contribution in [0.3, 0.4) is 0 Å². The second-order valence-electron chi connectivity index (χ2n) is 29.2. The molecule has 0 radical (unpaired) electrons. The van der Waals surface area contributed by atoms with Crippen LogP contribution >= 0.6 is 15.6 Å². The summed E-state index contributed by atoms with van der Waals surface area (Å²) in [5.41, 5.74) is 0. The Balaban J connectivity index is 5.23. The Kier molecular flexibility index (Phi) is 69.3. The summed E-state index contributed by atoms with van der Waals surface area (Å²) in [6.45, 7) is 9.56. The molecule has 0 heterocycles. The van der Waals surface area contributed by atoms with E-state index in [0.717, 1.165) is 102 Å². The van der Waals surface area contributed by atoms with Crippen LogP contribution in [-0.4, -0.2) is 96.7 Å². The van der Waals surface area contributed by atoms with Crippen molar-refractivity contribution >= 4 is 39.5 Å². The maximum atomic E-state index is 13.1. The highest BCUT2D eigenvalue weighted by molar-refractivity contribution is 7.47. The van der Waals surface area contributed by atoms with Gasteiger partial charge in [0.2, 0.25) is 0 Å². The Labute approximate surface area is 600 Å². The molecular formula is C79H154O17P2. The van der Waals surface area contributed by atoms with Crippen molar-refractivity contribution < 1.29 is 80.2 Å².